The van der Waals surface area contributed by atoms with Crippen molar-refractivity contribution in [2.75, 3.05) is 0 Å². The second kappa shape index (κ2) is 16.0. The van der Waals surface area contributed by atoms with Gasteiger partial charge in [0.25, 0.3) is 0 Å². The minimum atomic E-state index is -1.05. The Kier molecular flexibility index (Phi) is 13.6. The summed E-state index contributed by atoms with van der Waals surface area (Å²) in [6.07, 6.45) is 22.3. The van der Waals surface area contributed by atoms with Crippen LogP contribution in [0.25, 0.3) is 0 Å². The molecule has 0 spiro atoms. The maximum Gasteiger partial charge on any atom is 0.244 e. The van der Waals surface area contributed by atoms with Crippen LogP contribution in [-0.2, 0) is 9.59 Å². The zero-order chi connectivity index (χ0) is 23.8. The van der Waals surface area contributed by atoms with E-state index in [1.165, 1.54) is 12.2 Å². The van der Waals surface area contributed by atoms with Crippen LogP contribution < -0.4 is 5.32 Å². The number of hydrogen-bond donors (Lipinski definition) is 3. The number of aliphatic hydroxyl groups is 2. The lowest BCUT2D eigenvalue weighted by Gasteiger charge is -2.12. The topological polar surface area (TPSA) is 86.6 Å². The van der Waals surface area contributed by atoms with E-state index >= 15 is 0 Å². The largest absolute Gasteiger partial charge is 0.386 e. The lowest BCUT2D eigenvalue weighted by atomic mass is 10.1. The number of aliphatic hydroxyl groups excluding tert-OH is 2. The van der Waals surface area contributed by atoms with Gasteiger partial charge in [0.2, 0.25) is 5.91 Å². The second-order valence-corrected chi connectivity index (χ2v) is 7.83. The molecule has 0 saturated heterocycles. The van der Waals surface area contributed by atoms with Gasteiger partial charge in [-0.2, -0.15) is 0 Å². The Bertz CT molecular complexity index is 812. The minimum absolute atomic E-state index is 0.000157. The van der Waals surface area contributed by atoms with Gasteiger partial charge in [0.1, 0.15) is 12.2 Å². The highest BCUT2D eigenvalue weighted by atomic mass is 16.3. The quantitative estimate of drug-likeness (QED) is 0.566. The van der Waals surface area contributed by atoms with Crippen molar-refractivity contribution in [1.29, 1.82) is 0 Å². The Balaban J connectivity index is 3.04. The number of ketones is 1. The molecule has 0 saturated carbocycles. The van der Waals surface area contributed by atoms with Gasteiger partial charge in [0.15, 0.2) is 5.78 Å². The van der Waals surface area contributed by atoms with Gasteiger partial charge in [0, 0.05) is 12.5 Å². The first-order valence-corrected chi connectivity index (χ1v) is 11.2. The number of rotatable bonds is 4. The van der Waals surface area contributed by atoms with E-state index in [1.807, 2.05) is 12.2 Å². The fraction of sp³-hybridized carbons (Fsp3) is 0.407. The summed E-state index contributed by atoms with van der Waals surface area (Å²) in [5, 5.41) is 23.1. The lowest BCUT2D eigenvalue weighted by molar-refractivity contribution is -0.117. The molecule has 1 aliphatic heterocycles. The van der Waals surface area contributed by atoms with Gasteiger partial charge in [-0.3, -0.25) is 9.59 Å². The molecule has 1 heterocycles. The Morgan fingerprint density at radius 3 is 2.53 bits per heavy atom. The van der Waals surface area contributed by atoms with Crippen LogP contribution in [0.15, 0.2) is 84.1 Å². The molecular weight excluding hydrogens is 402 g/mol. The molecule has 3 N–H and O–H groups in total. The van der Waals surface area contributed by atoms with Crippen LogP contribution in [-0.4, -0.2) is 40.2 Å². The van der Waals surface area contributed by atoms with Crippen molar-refractivity contribution in [3.63, 3.8) is 0 Å². The van der Waals surface area contributed by atoms with E-state index in [0.717, 1.165) is 18.4 Å². The number of amides is 1. The number of Topliss-reactive ketones (excluding diaryl/α,β-unsaturated/α-hetero) is 1. The summed E-state index contributed by atoms with van der Waals surface area (Å²) in [7, 11) is 0. The summed E-state index contributed by atoms with van der Waals surface area (Å²) < 4.78 is 0. The van der Waals surface area contributed by atoms with Crippen LogP contribution in [0.5, 0.6) is 0 Å². The van der Waals surface area contributed by atoms with E-state index in [2.05, 4.69) is 18.3 Å². The summed E-state index contributed by atoms with van der Waals surface area (Å²) in [4.78, 5) is 24.6. The van der Waals surface area contributed by atoms with E-state index in [4.69, 9.17) is 0 Å². The van der Waals surface area contributed by atoms with Gasteiger partial charge in [-0.15, -0.1) is 0 Å². The second-order valence-electron chi connectivity index (χ2n) is 7.83. The Morgan fingerprint density at radius 1 is 1.03 bits per heavy atom. The summed E-state index contributed by atoms with van der Waals surface area (Å²) in [5.74, 6) is -0.230. The van der Waals surface area contributed by atoms with Crippen molar-refractivity contribution in [1.82, 2.24) is 5.32 Å². The zero-order valence-electron chi connectivity index (χ0n) is 19.4. The van der Waals surface area contributed by atoms with Crippen LogP contribution in [0, 0.1) is 0 Å². The first-order valence-electron chi connectivity index (χ1n) is 11.2. The van der Waals surface area contributed by atoms with Gasteiger partial charge in [-0.1, -0.05) is 85.8 Å². The highest BCUT2D eigenvalue weighted by Gasteiger charge is 2.10. The van der Waals surface area contributed by atoms with E-state index in [1.54, 1.807) is 56.4 Å². The highest BCUT2D eigenvalue weighted by molar-refractivity contribution is 5.95. The third-order valence-electron chi connectivity index (χ3n) is 4.85. The average Bonchev–Trinajstić information content (AvgIpc) is 2.75. The fourth-order valence-electron chi connectivity index (χ4n) is 2.91. The lowest BCUT2D eigenvalue weighted by Crippen LogP contribution is -2.31. The van der Waals surface area contributed by atoms with Crippen molar-refractivity contribution < 1.29 is 19.8 Å². The van der Waals surface area contributed by atoms with Crippen molar-refractivity contribution in [2.45, 2.75) is 71.1 Å². The molecule has 3 atom stereocenters. The number of hydrogen-bond acceptors (Lipinski definition) is 4. The molecule has 1 rings (SSSR count). The van der Waals surface area contributed by atoms with Gasteiger partial charge >= 0.3 is 0 Å². The van der Waals surface area contributed by atoms with E-state index in [0.29, 0.717) is 18.4 Å². The minimum Gasteiger partial charge on any atom is -0.386 e. The van der Waals surface area contributed by atoms with Gasteiger partial charge in [-0.05, 0) is 38.7 Å². The van der Waals surface area contributed by atoms with E-state index in [9.17, 15) is 19.8 Å². The van der Waals surface area contributed by atoms with E-state index in [-0.39, 0.29) is 24.2 Å². The van der Waals surface area contributed by atoms with Crippen molar-refractivity contribution in [3.05, 3.63) is 84.1 Å². The van der Waals surface area contributed by atoms with Crippen LogP contribution in [0.1, 0.15) is 52.9 Å². The predicted octanol–water partition coefficient (Wildman–Crippen LogP) is 4.42. The van der Waals surface area contributed by atoms with Crippen LogP contribution in [0.2, 0.25) is 0 Å². The van der Waals surface area contributed by atoms with Gasteiger partial charge in [0.05, 0.1) is 6.04 Å². The summed E-state index contributed by atoms with van der Waals surface area (Å²) in [5.41, 5.74) is 1.39. The van der Waals surface area contributed by atoms with Crippen molar-refractivity contribution in [3.8, 4) is 0 Å². The molecule has 3 unspecified atom stereocenters. The molecule has 0 fully saturated rings. The molecule has 0 aromatic carbocycles. The number of unbranched alkanes of at least 4 members (excludes halogenated alkanes) is 1. The van der Waals surface area contributed by atoms with Gasteiger partial charge in [-0.25, -0.2) is 0 Å². The smallest absolute Gasteiger partial charge is 0.244 e. The number of nitrogens with one attached hydrogen (secondary N) is 1. The standard InChI is InChI=1S/C27H37NO4/c1-4-5-6-7-15-23-16-12-18-24(29)22(3)14-9-10-17-25(30)26(31)20-21(2)13-8-11-19-27(32)28-23/h6-8,10-14,16-17,19-20,23,25-26,30-31H,4-5,9,15,18H2,1-3H3,(H,28,32)/b7-6?,13-8?,16-12?,17-10-,19-11?,21-20?,22-14+. The summed E-state index contributed by atoms with van der Waals surface area (Å²) in [6, 6.07) is -0.201. The van der Waals surface area contributed by atoms with Crippen molar-refractivity contribution >= 4 is 11.7 Å². The Morgan fingerprint density at radius 2 is 1.78 bits per heavy atom. The van der Waals surface area contributed by atoms with Crippen molar-refractivity contribution in [2.24, 2.45) is 0 Å². The molecule has 0 bridgehead atoms. The molecule has 32 heavy (non-hydrogen) atoms. The molecule has 1 amide bonds. The van der Waals surface area contributed by atoms with Gasteiger partial charge < -0.3 is 15.5 Å². The van der Waals surface area contributed by atoms with E-state index < -0.39 is 12.2 Å². The number of allylic oxidation sites excluding steroid dienone is 9. The number of carbonyl (C=O) groups is 2. The molecule has 5 heteroatoms. The third kappa shape index (κ3) is 12.2. The highest BCUT2D eigenvalue weighted by Crippen LogP contribution is 2.07. The maximum absolute atomic E-state index is 12.4. The average molecular weight is 440 g/mol. The first kappa shape index (κ1) is 27.3. The molecule has 0 aliphatic carbocycles. The predicted molar refractivity (Wildman–Crippen MR) is 131 cm³/mol. The summed E-state index contributed by atoms with van der Waals surface area (Å²) in [6.45, 7) is 5.68. The molecule has 5 nitrogen and oxygen atoms in total. The molecule has 0 radical (unpaired) electrons. The normalized spacial score (nSPS) is 27.0. The first-order chi connectivity index (χ1) is 15.3. The molecular formula is C27H37NO4. The fourth-order valence-corrected chi connectivity index (χ4v) is 2.91. The molecule has 0 aromatic heterocycles. The Labute approximate surface area is 192 Å². The zero-order valence-corrected chi connectivity index (χ0v) is 19.4. The van der Waals surface area contributed by atoms with Crippen LogP contribution >= 0.6 is 0 Å². The SMILES string of the molecule is CCCC=CCC1C=CCC(=O)/C(C)=C/C/C=C\C(O)C(O)C=C(C)C=CC=CC(=O)N1. The molecule has 1 aliphatic rings. The van der Waals surface area contributed by atoms with Crippen LogP contribution in [0.3, 0.4) is 0 Å². The number of carbonyl (C=O) groups excluding carboxylic acids is 2. The third-order valence-corrected chi connectivity index (χ3v) is 4.85. The Hall–Kier alpha value is -2.76. The monoisotopic (exact) mass is 439 g/mol. The maximum atomic E-state index is 12.4. The molecule has 0 aromatic rings. The summed E-state index contributed by atoms with van der Waals surface area (Å²) >= 11 is 0. The molecule has 174 valence electrons. The van der Waals surface area contributed by atoms with Crippen LogP contribution in [0.4, 0.5) is 0 Å².